The van der Waals surface area contributed by atoms with Crippen LogP contribution in [0.2, 0.25) is 0 Å². The molecule has 0 unspecified atom stereocenters. The highest BCUT2D eigenvalue weighted by Crippen LogP contribution is 2.19. The molecule has 1 atom stereocenters. The van der Waals surface area contributed by atoms with Crippen LogP contribution in [-0.2, 0) is 9.59 Å². The first-order valence-corrected chi connectivity index (χ1v) is 5.45. The van der Waals surface area contributed by atoms with Gasteiger partial charge in [0.2, 0.25) is 11.8 Å². The number of amides is 2. The maximum atomic E-state index is 12.8. The number of nitrogens with zero attached hydrogens (tertiary/aromatic N) is 1. The lowest BCUT2D eigenvalue weighted by molar-refractivity contribution is -0.144. The number of likely N-dealkylation sites (N-methyl/N-ethyl adjacent to an activating group) is 1. The molecule has 0 saturated carbocycles. The molecule has 1 saturated heterocycles. The SMILES string of the molecule is CCN1CC(=O)N[C@@H](c2ccc(F)cc2)C1=O. The second-order valence-corrected chi connectivity index (χ2v) is 3.90. The number of nitrogens with one attached hydrogen (secondary N) is 1. The standard InChI is InChI=1S/C12H13FN2O2/c1-2-15-7-10(16)14-11(12(15)17)8-3-5-9(13)6-4-8/h3-6,11H,2,7H2,1H3,(H,14,16)/t11-/m0/s1. The van der Waals surface area contributed by atoms with Crippen molar-refractivity contribution >= 4 is 11.8 Å². The second-order valence-electron chi connectivity index (χ2n) is 3.90. The maximum Gasteiger partial charge on any atom is 0.250 e. The number of rotatable bonds is 2. The van der Waals surface area contributed by atoms with E-state index in [1.54, 1.807) is 0 Å². The molecule has 1 N–H and O–H groups in total. The molecule has 1 aliphatic rings. The van der Waals surface area contributed by atoms with Crippen molar-refractivity contribution in [1.29, 1.82) is 0 Å². The zero-order valence-corrected chi connectivity index (χ0v) is 9.44. The van der Waals surface area contributed by atoms with Crippen LogP contribution in [0.15, 0.2) is 24.3 Å². The Hall–Kier alpha value is -1.91. The Bertz CT molecular complexity index is 444. The van der Waals surface area contributed by atoms with E-state index in [9.17, 15) is 14.0 Å². The van der Waals surface area contributed by atoms with Crippen molar-refractivity contribution in [3.63, 3.8) is 0 Å². The number of hydrogen-bond donors (Lipinski definition) is 1. The molecule has 0 aliphatic carbocycles. The van der Waals surface area contributed by atoms with Crippen molar-refractivity contribution in [3.8, 4) is 0 Å². The van der Waals surface area contributed by atoms with Gasteiger partial charge in [0.1, 0.15) is 11.9 Å². The zero-order valence-electron chi connectivity index (χ0n) is 9.44. The van der Waals surface area contributed by atoms with Crippen LogP contribution in [0.4, 0.5) is 4.39 Å². The summed E-state index contributed by atoms with van der Waals surface area (Å²) in [6.07, 6.45) is 0. The summed E-state index contributed by atoms with van der Waals surface area (Å²) in [5.74, 6) is -0.713. The van der Waals surface area contributed by atoms with Crippen LogP contribution < -0.4 is 5.32 Å². The van der Waals surface area contributed by atoms with Gasteiger partial charge in [-0.25, -0.2) is 4.39 Å². The molecule has 0 aromatic heterocycles. The van der Waals surface area contributed by atoms with Gasteiger partial charge in [-0.15, -0.1) is 0 Å². The van der Waals surface area contributed by atoms with Gasteiger partial charge in [-0.1, -0.05) is 12.1 Å². The van der Waals surface area contributed by atoms with Gasteiger partial charge in [-0.3, -0.25) is 9.59 Å². The van der Waals surface area contributed by atoms with Crippen molar-refractivity contribution in [1.82, 2.24) is 10.2 Å². The van der Waals surface area contributed by atoms with Crippen LogP contribution in [-0.4, -0.2) is 29.8 Å². The Morgan fingerprint density at radius 2 is 2.00 bits per heavy atom. The summed E-state index contributed by atoms with van der Waals surface area (Å²) in [5, 5.41) is 2.61. The fourth-order valence-electron chi connectivity index (χ4n) is 1.85. The maximum absolute atomic E-state index is 12.8. The minimum Gasteiger partial charge on any atom is -0.339 e. The quantitative estimate of drug-likeness (QED) is 0.827. The highest BCUT2D eigenvalue weighted by atomic mass is 19.1. The first-order chi connectivity index (χ1) is 8.11. The third kappa shape index (κ3) is 2.27. The summed E-state index contributed by atoms with van der Waals surface area (Å²) < 4.78 is 12.8. The molecule has 0 bridgehead atoms. The molecule has 17 heavy (non-hydrogen) atoms. The Kier molecular flexibility index (Phi) is 3.08. The molecule has 2 rings (SSSR count). The van der Waals surface area contributed by atoms with Crippen molar-refractivity contribution in [2.45, 2.75) is 13.0 Å². The van der Waals surface area contributed by atoms with Crippen molar-refractivity contribution < 1.29 is 14.0 Å². The largest absolute Gasteiger partial charge is 0.339 e. The summed E-state index contributed by atoms with van der Waals surface area (Å²) in [5.41, 5.74) is 0.600. The van der Waals surface area contributed by atoms with Crippen molar-refractivity contribution in [3.05, 3.63) is 35.6 Å². The minimum atomic E-state index is -0.697. The molecular formula is C12H13FN2O2. The fourth-order valence-corrected chi connectivity index (χ4v) is 1.85. The van der Waals surface area contributed by atoms with E-state index in [0.29, 0.717) is 12.1 Å². The Morgan fingerprint density at radius 1 is 1.35 bits per heavy atom. The molecular weight excluding hydrogens is 223 g/mol. The van der Waals surface area contributed by atoms with Gasteiger partial charge in [-0.05, 0) is 24.6 Å². The summed E-state index contributed by atoms with van der Waals surface area (Å²) in [7, 11) is 0. The predicted octanol–water partition coefficient (Wildman–Crippen LogP) is 0.845. The van der Waals surface area contributed by atoms with E-state index in [4.69, 9.17) is 0 Å². The number of hydrogen-bond acceptors (Lipinski definition) is 2. The molecule has 5 heteroatoms. The van der Waals surface area contributed by atoms with Crippen molar-refractivity contribution in [2.24, 2.45) is 0 Å². The zero-order chi connectivity index (χ0) is 12.4. The summed E-state index contributed by atoms with van der Waals surface area (Å²) in [6, 6.07) is 4.88. The van der Waals surface area contributed by atoms with E-state index in [1.165, 1.54) is 29.2 Å². The van der Waals surface area contributed by atoms with Gasteiger partial charge in [0.05, 0.1) is 6.54 Å². The molecule has 1 heterocycles. The number of benzene rings is 1. The van der Waals surface area contributed by atoms with E-state index >= 15 is 0 Å². The van der Waals surface area contributed by atoms with Crippen LogP contribution in [0.5, 0.6) is 0 Å². The Labute approximate surface area is 98.4 Å². The lowest BCUT2D eigenvalue weighted by Crippen LogP contribution is -2.53. The number of halogens is 1. The van der Waals surface area contributed by atoms with E-state index < -0.39 is 6.04 Å². The molecule has 2 amide bonds. The first-order valence-electron chi connectivity index (χ1n) is 5.45. The number of carbonyl (C=O) groups excluding carboxylic acids is 2. The predicted molar refractivity (Wildman–Crippen MR) is 59.5 cm³/mol. The fraction of sp³-hybridized carbons (Fsp3) is 0.333. The van der Waals surface area contributed by atoms with Gasteiger partial charge in [0.15, 0.2) is 0 Å². The monoisotopic (exact) mass is 236 g/mol. The molecule has 1 aliphatic heterocycles. The molecule has 1 fully saturated rings. The van der Waals surface area contributed by atoms with E-state index in [1.807, 2.05) is 6.92 Å². The van der Waals surface area contributed by atoms with Crippen molar-refractivity contribution in [2.75, 3.05) is 13.1 Å². The smallest absolute Gasteiger partial charge is 0.250 e. The normalized spacial score (nSPS) is 20.4. The average molecular weight is 236 g/mol. The lowest BCUT2D eigenvalue weighted by Gasteiger charge is -2.31. The number of carbonyl (C=O) groups is 2. The van der Waals surface area contributed by atoms with E-state index in [2.05, 4.69) is 5.32 Å². The molecule has 90 valence electrons. The van der Waals surface area contributed by atoms with Crippen LogP contribution in [0.1, 0.15) is 18.5 Å². The summed E-state index contributed by atoms with van der Waals surface area (Å²) in [6.45, 7) is 2.40. The minimum absolute atomic E-state index is 0.0903. The van der Waals surface area contributed by atoms with E-state index in [0.717, 1.165) is 0 Å². The van der Waals surface area contributed by atoms with Crippen LogP contribution in [0.25, 0.3) is 0 Å². The van der Waals surface area contributed by atoms with E-state index in [-0.39, 0.29) is 24.2 Å². The lowest BCUT2D eigenvalue weighted by atomic mass is 10.0. The third-order valence-corrected chi connectivity index (χ3v) is 2.78. The number of piperazine rings is 1. The van der Waals surface area contributed by atoms with Gasteiger partial charge >= 0.3 is 0 Å². The van der Waals surface area contributed by atoms with Gasteiger partial charge in [0, 0.05) is 6.54 Å². The highest BCUT2D eigenvalue weighted by molar-refractivity contribution is 5.95. The molecule has 1 aromatic carbocycles. The Morgan fingerprint density at radius 3 is 2.59 bits per heavy atom. The summed E-state index contributed by atoms with van der Waals surface area (Å²) in [4.78, 5) is 24.9. The van der Waals surface area contributed by atoms with Gasteiger partial charge < -0.3 is 10.2 Å². The first kappa shape index (κ1) is 11.6. The molecule has 0 radical (unpaired) electrons. The molecule has 4 nitrogen and oxygen atoms in total. The second kappa shape index (κ2) is 4.53. The molecule has 0 spiro atoms. The third-order valence-electron chi connectivity index (χ3n) is 2.78. The van der Waals surface area contributed by atoms with Gasteiger partial charge in [0.25, 0.3) is 0 Å². The Balaban J connectivity index is 2.27. The topological polar surface area (TPSA) is 49.4 Å². The average Bonchev–Trinajstić information content (AvgIpc) is 2.33. The van der Waals surface area contributed by atoms with Gasteiger partial charge in [-0.2, -0.15) is 0 Å². The summed E-state index contributed by atoms with van der Waals surface area (Å²) >= 11 is 0. The van der Waals surface area contributed by atoms with Crippen LogP contribution in [0, 0.1) is 5.82 Å². The highest BCUT2D eigenvalue weighted by Gasteiger charge is 2.32. The molecule has 1 aromatic rings. The van der Waals surface area contributed by atoms with Crippen LogP contribution >= 0.6 is 0 Å². The van der Waals surface area contributed by atoms with Crippen LogP contribution in [0.3, 0.4) is 0 Å².